The fraction of sp³-hybridized carbons (Fsp3) is 0.154. The van der Waals surface area contributed by atoms with E-state index in [-0.39, 0.29) is 4.90 Å². The van der Waals surface area contributed by atoms with Gasteiger partial charge in [-0.2, -0.15) is 0 Å². The maximum absolute atomic E-state index is 12.5. The predicted octanol–water partition coefficient (Wildman–Crippen LogP) is 6.30. The standard InChI is InChI=1S/C26H19ClO2S/c27-30(28,29)22-7-3-5-17-10-12-20-15-14-19-13-11-18-9-8-16-4-1-2-6-21(16)23(18)25(19)26(20)24(17)22/h1-9,14-15H,10-13H2. The molecule has 4 heteroatoms. The van der Waals surface area contributed by atoms with Crippen molar-refractivity contribution < 1.29 is 8.42 Å². The van der Waals surface area contributed by atoms with Crippen LogP contribution in [0.3, 0.4) is 0 Å². The molecule has 0 fully saturated rings. The molecule has 0 saturated carbocycles. The minimum Gasteiger partial charge on any atom is -0.207 e. The lowest BCUT2D eigenvalue weighted by Crippen LogP contribution is -2.13. The van der Waals surface area contributed by atoms with Crippen molar-refractivity contribution in [2.45, 2.75) is 30.6 Å². The van der Waals surface area contributed by atoms with Crippen LogP contribution in [0, 0.1) is 0 Å². The van der Waals surface area contributed by atoms with Gasteiger partial charge in [0.1, 0.15) is 0 Å². The van der Waals surface area contributed by atoms with Crippen LogP contribution in [0.5, 0.6) is 0 Å². The van der Waals surface area contributed by atoms with Crippen LogP contribution in [0.1, 0.15) is 22.3 Å². The predicted molar refractivity (Wildman–Crippen MR) is 123 cm³/mol. The van der Waals surface area contributed by atoms with Crippen LogP contribution in [0.2, 0.25) is 0 Å². The number of hydrogen-bond acceptors (Lipinski definition) is 2. The van der Waals surface area contributed by atoms with Crippen molar-refractivity contribution in [2.75, 3.05) is 0 Å². The largest absolute Gasteiger partial charge is 0.261 e. The molecule has 0 aromatic heterocycles. The smallest absolute Gasteiger partial charge is 0.207 e. The Bertz CT molecular complexity index is 1470. The summed E-state index contributed by atoms with van der Waals surface area (Å²) in [6.45, 7) is 0. The molecule has 2 aliphatic carbocycles. The molecule has 0 amide bonds. The van der Waals surface area contributed by atoms with E-state index in [0.717, 1.165) is 42.4 Å². The van der Waals surface area contributed by atoms with E-state index >= 15 is 0 Å². The number of halogens is 1. The maximum Gasteiger partial charge on any atom is 0.261 e. The van der Waals surface area contributed by atoms with Crippen molar-refractivity contribution in [1.82, 2.24) is 0 Å². The molecule has 2 aliphatic rings. The molecule has 4 aromatic rings. The molecule has 0 aliphatic heterocycles. The summed E-state index contributed by atoms with van der Waals surface area (Å²) < 4.78 is 25.0. The van der Waals surface area contributed by atoms with E-state index in [4.69, 9.17) is 10.7 Å². The van der Waals surface area contributed by atoms with E-state index < -0.39 is 9.05 Å². The lowest BCUT2D eigenvalue weighted by Gasteiger charge is -2.30. The molecule has 30 heavy (non-hydrogen) atoms. The number of benzene rings is 4. The Morgan fingerprint density at radius 2 is 1.13 bits per heavy atom. The molecular formula is C26H19ClO2S. The van der Waals surface area contributed by atoms with Crippen LogP contribution in [-0.2, 0) is 34.7 Å². The number of fused-ring (bicyclic) bond motifs is 9. The van der Waals surface area contributed by atoms with Crippen molar-refractivity contribution in [2.24, 2.45) is 0 Å². The van der Waals surface area contributed by atoms with E-state index in [2.05, 4.69) is 48.5 Å². The first-order valence-corrected chi connectivity index (χ1v) is 12.6. The highest BCUT2D eigenvalue weighted by Gasteiger charge is 2.30. The quantitative estimate of drug-likeness (QED) is 0.332. The second kappa shape index (κ2) is 6.44. The molecule has 0 N–H and O–H groups in total. The van der Waals surface area contributed by atoms with Crippen molar-refractivity contribution in [3.05, 3.63) is 89.0 Å². The molecule has 6 rings (SSSR count). The Morgan fingerprint density at radius 3 is 1.83 bits per heavy atom. The highest BCUT2D eigenvalue weighted by Crippen LogP contribution is 2.49. The Kier molecular flexibility index (Phi) is 3.90. The van der Waals surface area contributed by atoms with Crippen molar-refractivity contribution in [3.8, 4) is 22.3 Å². The first-order chi connectivity index (χ1) is 14.5. The molecule has 0 unspecified atom stereocenters. The zero-order chi connectivity index (χ0) is 20.5. The van der Waals surface area contributed by atoms with Gasteiger partial charge in [0.2, 0.25) is 0 Å². The zero-order valence-electron chi connectivity index (χ0n) is 16.3. The monoisotopic (exact) mass is 430 g/mol. The first-order valence-electron chi connectivity index (χ1n) is 10.2. The summed E-state index contributed by atoms with van der Waals surface area (Å²) in [6, 6.07) is 22.8. The number of hydrogen-bond donors (Lipinski definition) is 0. The summed E-state index contributed by atoms with van der Waals surface area (Å²) in [4.78, 5) is 0.225. The highest BCUT2D eigenvalue weighted by molar-refractivity contribution is 8.13. The van der Waals surface area contributed by atoms with E-state index in [1.54, 1.807) is 12.1 Å². The van der Waals surface area contributed by atoms with Gasteiger partial charge < -0.3 is 0 Å². The maximum atomic E-state index is 12.5. The van der Waals surface area contributed by atoms with Crippen molar-refractivity contribution >= 4 is 30.5 Å². The molecule has 0 radical (unpaired) electrons. The van der Waals surface area contributed by atoms with Crippen molar-refractivity contribution in [1.29, 1.82) is 0 Å². The van der Waals surface area contributed by atoms with Crippen LogP contribution >= 0.6 is 10.7 Å². The van der Waals surface area contributed by atoms with Crippen LogP contribution < -0.4 is 0 Å². The molecule has 0 heterocycles. The summed E-state index contributed by atoms with van der Waals surface area (Å²) in [5.41, 5.74) is 9.18. The molecule has 0 saturated heterocycles. The Balaban J connectivity index is 1.79. The van der Waals surface area contributed by atoms with E-state index in [1.807, 2.05) is 6.07 Å². The second-order valence-electron chi connectivity index (χ2n) is 8.18. The van der Waals surface area contributed by atoms with Crippen LogP contribution in [0.25, 0.3) is 33.0 Å². The Hall–Kier alpha value is -2.62. The lowest BCUT2D eigenvalue weighted by atomic mass is 9.74. The van der Waals surface area contributed by atoms with Gasteiger partial charge in [-0.3, -0.25) is 0 Å². The Labute approximate surface area is 180 Å². The third-order valence-corrected chi connectivity index (χ3v) is 7.96. The van der Waals surface area contributed by atoms with Gasteiger partial charge in [0.15, 0.2) is 0 Å². The van der Waals surface area contributed by atoms with Gasteiger partial charge in [0.25, 0.3) is 9.05 Å². The molecule has 4 aromatic carbocycles. The third kappa shape index (κ3) is 2.59. The minimum atomic E-state index is -3.86. The molecule has 0 atom stereocenters. The summed E-state index contributed by atoms with van der Waals surface area (Å²) in [5, 5.41) is 2.43. The zero-order valence-corrected chi connectivity index (χ0v) is 17.9. The Morgan fingerprint density at radius 1 is 0.567 bits per heavy atom. The minimum absolute atomic E-state index is 0.225. The summed E-state index contributed by atoms with van der Waals surface area (Å²) in [7, 11) is 2.05. The van der Waals surface area contributed by atoms with Crippen LogP contribution in [-0.4, -0.2) is 8.42 Å². The fourth-order valence-electron chi connectivity index (χ4n) is 5.31. The SMILES string of the molecule is O=S(=O)(Cl)c1cccc2c1-c1c(ccc3c1-c1c(ccc4ccccc14)CC3)CC2. The average Bonchev–Trinajstić information content (AvgIpc) is 2.76. The van der Waals surface area contributed by atoms with E-state index in [0.29, 0.717) is 0 Å². The average molecular weight is 431 g/mol. The van der Waals surface area contributed by atoms with Crippen LogP contribution in [0.15, 0.2) is 71.6 Å². The fourth-order valence-corrected chi connectivity index (χ4v) is 6.41. The van der Waals surface area contributed by atoms with Gasteiger partial charge in [-0.15, -0.1) is 0 Å². The van der Waals surface area contributed by atoms with Gasteiger partial charge in [-0.05, 0) is 81.5 Å². The highest BCUT2D eigenvalue weighted by atomic mass is 35.7. The second-order valence-corrected chi connectivity index (χ2v) is 10.7. The molecule has 0 spiro atoms. The normalized spacial score (nSPS) is 14.6. The number of rotatable bonds is 1. The lowest BCUT2D eigenvalue weighted by molar-refractivity contribution is 0.609. The molecule has 0 bridgehead atoms. The summed E-state index contributed by atoms with van der Waals surface area (Å²) in [5.74, 6) is 0. The third-order valence-electron chi connectivity index (χ3n) is 6.60. The van der Waals surface area contributed by atoms with E-state index in [1.165, 1.54) is 38.6 Å². The van der Waals surface area contributed by atoms with Crippen molar-refractivity contribution in [3.63, 3.8) is 0 Å². The molecule has 148 valence electrons. The van der Waals surface area contributed by atoms with Gasteiger partial charge in [0, 0.05) is 16.2 Å². The van der Waals surface area contributed by atoms with Gasteiger partial charge >= 0.3 is 0 Å². The van der Waals surface area contributed by atoms with Gasteiger partial charge in [-0.1, -0.05) is 60.7 Å². The van der Waals surface area contributed by atoms with Crippen LogP contribution in [0.4, 0.5) is 0 Å². The van der Waals surface area contributed by atoms with Gasteiger partial charge in [-0.25, -0.2) is 8.42 Å². The molecular weight excluding hydrogens is 412 g/mol. The topological polar surface area (TPSA) is 34.1 Å². The summed E-state index contributed by atoms with van der Waals surface area (Å²) >= 11 is 0. The van der Waals surface area contributed by atoms with E-state index in [9.17, 15) is 8.42 Å². The first kappa shape index (κ1) is 18.2. The number of aryl methyl sites for hydroxylation is 4. The van der Waals surface area contributed by atoms with Gasteiger partial charge in [0.05, 0.1) is 4.90 Å². The summed E-state index contributed by atoms with van der Waals surface area (Å²) in [6.07, 6.45) is 3.68. The molecule has 2 nitrogen and oxygen atoms in total.